The highest BCUT2D eigenvalue weighted by molar-refractivity contribution is 5.79. The topological polar surface area (TPSA) is 59.8 Å². The third kappa shape index (κ3) is 2.92. The zero-order valence-electron chi connectivity index (χ0n) is 15.0. The predicted octanol–water partition coefficient (Wildman–Crippen LogP) is 2.26. The quantitative estimate of drug-likeness (QED) is 0.628. The van der Waals surface area contributed by atoms with Crippen LogP contribution in [0.3, 0.4) is 0 Å². The van der Waals surface area contributed by atoms with Gasteiger partial charge in [-0.3, -0.25) is 9.36 Å². The molecule has 3 aromatic rings. The number of nitrogens with one attached hydrogen (secondary N) is 1. The minimum Gasteiger partial charge on any atom is -0.310 e. The SMILES string of the molecule is O=c1c2ccc(C#Cc3ccccn3)cc2nc2n1CC1(CCCN1)CC2. The molecule has 1 spiro atoms. The van der Waals surface area contributed by atoms with Crippen LogP contribution >= 0.6 is 0 Å². The number of hydrogen-bond acceptors (Lipinski definition) is 4. The first-order valence-electron chi connectivity index (χ1n) is 9.44. The van der Waals surface area contributed by atoms with Crippen molar-refractivity contribution in [3.8, 4) is 11.8 Å². The molecule has 5 rings (SSSR count). The molecule has 0 amide bonds. The van der Waals surface area contributed by atoms with E-state index in [0.29, 0.717) is 5.39 Å². The van der Waals surface area contributed by atoms with Gasteiger partial charge in [-0.15, -0.1) is 0 Å². The van der Waals surface area contributed by atoms with Crippen molar-refractivity contribution in [1.82, 2.24) is 19.9 Å². The molecule has 1 saturated heterocycles. The number of pyridine rings is 1. The van der Waals surface area contributed by atoms with E-state index in [1.165, 1.54) is 6.42 Å². The summed E-state index contributed by atoms with van der Waals surface area (Å²) in [6.45, 7) is 1.77. The van der Waals surface area contributed by atoms with Crippen molar-refractivity contribution in [2.45, 2.75) is 37.8 Å². The molecule has 5 heteroatoms. The van der Waals surface area contributed by atoms with Crippen molar-refractivity contribution in [2.75, 3.05) is 6.54 Å². The Bertz CT molecular complexity index is 1130. The summed E-state index contributed by atoms with van der Waals surface area (Å²) in [6.07, 6.45) is 5.93. The van der Waals surface area contributed by atoms with Crippen molar-refractivity contribution < 1.29 is 0 Å². The van der Waals surface area contributed by atoms with Crippen LogP contribution in [0, 0.1) is 11.8 Å². The summed E-state index contributed by atoms with van der Waals surface area (Å²) in [5.41, 5.74) is 2.45. The molecule has 134 valence electrons. The van der Waals surface area contributed by atoms with E-state index in [4.69, 9.17) is 4.98 Å². The largest absolute Gasteiger partial charge is 0.310 e. The fraction of sp³-hybridized carbons (Fsp3) is 0.318. The molecule has 1 fully saturated rings. The second-order valence-electron chi connectivity index (χ2n) is 7.43. The van der Waals surface area contributed by atoms with Crippen molar-refractivity contribution in [3.05, 3.63) is 70.0 Å². The molecule has 1 unspecified atom stereocenters. The van der Waals surface area contributed by atoms with Crippen LogP contribution in [-0.4, -0.2) is 26.6 Å². The van der Waals surface area contributed by atoms with Crippen LogP contribution in [0.5, 0.6) is 0 Å². The summed E-state index contributed by atoms with van der Waals surface area (Å²) in [6, 6.07) is 11.3. The molecule has 0 radical (unpaired) electrons. The normalized spacial score (nSPS) is 21.0. The van der Waals surface area contributed by atoms with Crippen LogP contribution in [0.15, 0.2) is 47.4 Å². The molecular formula is C22H20N4O. The average molecular weight is 356 g/mol. The Labute approximate surface area is 157 Å². The maximum atomic E-state index is 13.1. The lowest BCUT2D eigenvalue weighted by Gasteiger charge is -2.35. The average Bonchev–Trinajstić information content (AvgIpc) is 3.16. The molecule has 0 saturated carbocycles. The third-order valence-electron chi connectivity index (χ3n) is 5.65. The lowest BCUT2D eigenvalue weighted by Crippen LogP contribution is -2.50. The Hall–Kier alpha value is -2.97. The van der Waals surface area contributed by atoms with Crippen molar-refractivity contribution in [2.24, 2.45) is 0 Å². The smallest absolute Gasteiger partial charge is 0.261 e. The van der Waals surface area contributed by atoms with Gasteiger partial charge in [-0.2, -0.15) is 0 Å². The third-order valence-corrected chi connectivity index (χ3v) is 5.65. The zero-order chi connectivity index (χ0) is 18.3. The number of nitrogens with zero attached hydrogens (tertiary/aromatic N) is 3. The number of fused-ring (bicyclic) bond motifs is 2. The molecular weight excluding hydrogens is 336 g/mol. The number of aromatic nitrogens is 3. The zero-order valence-corrected chi connectivity index (χ0v) is 15.0. The van der Waals surface area contributed by atoms with Gasteiger partial charge in [0.1, 0.15) is 11.5 Å². The monoisotopic (exact) mass is 356 g/mol. The summed E-state index contributed by atoms with van der Waals surface area (Å²) in [7, 11) is 0. The first-order valence-corrected chi connectivity index (χ1v) is 9.44. The molecule has 5 nitrogen and oxygen atoms in total. The van der Waals surface area contributed by atoms with E-state index >= 15 is 0 Å². The van der Waals surface area contributed by atoms with E-state index in [0.717, 1.165) is 55.0 Å². The minimum atomic E-state index is 0.0620. The maximum absolute atomic E-state index is 13.1. The number of benzene rings is 1. The van der Waals surface area contributed by atoms with Crippen LogP contribution in [0.25, 0.3) is 10.9 Å². The van der Waals surface area contributed by atoms with Gasteiger partial charge >= 0.3 is 0 Å². The van der Waals surface area contributed by atoms with Crippen LogP contribution in [0.2, 0.25) is 0 Å². The van der Waals surface area contributed by atoms with Crippen molar-refractivity contribution in [3.63, 3.8) is 0 Å². The Morgan fingerprint density at radius 2 is 2.11 bits per heavy atom. The lowest BCUT2D eigenvalue weighted by molar-refractivity contribution is 0.260. The Morgan fingerprint density at radius 3 is 2.93 bits per heavy atom. The van der Waals surface area contributed by atoms with Crippen LogP contribution in [0.4, 0.5) is 0 Å². The highest BCUT2D eigenvalue weighted by Crippen LogP contribution is 2.30. The lowest BCUT2D eigenvalue weighted by atomic mass is 9.88. The van der Waals surface area contributed by atoms with Crippen molar-refractivity contribution in [1.29, 1.82) is 0 Å². The first kappa shape index (κ1) is 16.2. The second-order valence-corrected chi connectivity index (χ2v) is 7.43. The van der Waals surface area contributed by atoms with Crippen molar-refractivity contribution >= 4 is 10.9 Å². The fourth-order valence-electron chi connectivity index (χ4n) is 4.22. The van der Waals surface area contributed by atoms with Gasteiger partial charge in [-0.25, -0.2) is 9.97 Å². The molecule has 1 atom stereocenters. The standard InChI is InChI=1S/C22H20N4O/c27-21-18-8-6-16(5-7-17-4-1-2-12-23-17)14-19(18)25-20-9-11-22(15-26(20)21)10-3-13-24-22/h1-2,4,6,8,12,14,24H,3,9-11,13,15H2. The van der Waals surface area contributed by atoms with Gasteiger partial charge in [0.2, 0.25) is 0 Å². The molecule has 1 aromatic carbocycles. The predicted molar refractivity (Wildman–Crippen MR) is 105 cm³/mol. The van der Waals surface area contributed by atoms with Gasteiger partial charge in [0.25, 0.3) is 5.56 Å². The van der Waals surface area contributed by atoms with Crippen LogP contribution in [-0.2, 0) is 13.0 Å². The minimum absolute atomic E-state index is 0.0620. The molecule has 2 aromatic heterocycles. The molecule has 4 heterocycles. The number of hydrogen-bond donors (Lipinski definition) is 1. The molecule has 0 bridgehead atoms. The van der Waals surface area contributed by atoms with Gasteiger partial charge in [-0.05, 0) is 62.1 Å². The van der Waals surface area contributed by atoms with Crippen LogP contribution < -0.4 is 10.9 Å². The van der Waals surface area contributed by atoms with Gasteiger partial charge in [0, 0.05) is 30.3 Å². The van der Waals surface area contributed by atoms with Crippen LogP contribution in [0.1, 0.15) is 36.3 Å². The van der Waals surface area contributed by atoms with Gasteiger partial charge in [0.05, 0.1) is 10.9 Å². The van der Waals surface area contributed by atoms with E-state index in [-0.39, 0.29) is 11.1 Å². The highest BCUT2D eigenvalue weighted by atomic mass is 16.1. The summed E-state index contributed by atoms with van der Waals surface area (Å²) in [5.74, 6) is 7.07. The summed E-state index contributed by atoms with van der Waals surface area (Å²) in [4.78, 5) is 22.1. The number of aryl methyl sites for hydroxylation is 1. The van der Waals surface area contributed by atoms with E-state index in [1.807, 2.05) is 41.0 Å². The fourth-order valence-corrected chi connectivity index (χ4v) is 4.22. The van der Waals surface area contributed by atoms with E-state index in [2.05, 4.69) is 22.1 Å². The summed E-state index contributed by atoms with van der Waals surface area (Å²) in [5, 5.41) is 4.28. The van der Waals surface area contributed by atoms with Gasteiger partial charge in [-0.1, -0.05) is 12.0 Å². The van der Waals surface area contributed by atoms with Gasteiger partial charge in [0.15, 0.2) is 0 Å². The summed E-state index contributed by atoms with van der Waals surface area (Å²) < 4.78 is 1.88. The molecule has 2 aliphatic rings. The Morgan fingerprint density at radius 1 is 1.15 bits per heavy atom. The molecule has 0 aliphatic carbocycles. The Balaban J connectivity index is 1.54. The molecule has 1 N–H and O–H groups in total. The molecule has 2 aliphatic heterocycles. The molecule has 27 heavy (non-hydrogen) atoms. The highest BCUT2D eigenvalue weighted by Gasteiger charge is 2.37. The van der Waals surface area contributed by atoms with E-state index < -0.39 is 0 Å². The second kappa shape index (κ2) is 6.33. The van der Waals surface area contributed by atoms with E-state index in [1.54, 1.807) is 6.20 Å². The maximum Gasteiger partial charge on any atom is 0.261 e. The van der Waals surface area contributed by atoms with E-state index in [9.17, 15) is 4.79 Å². The van der Waals surface area contributed by atoms with Gasteiger partial charge < -0.3 is 5.32 Å². The number of rotatable bonds is 0. The first-order chi connectivity index (χ1) is 13.2. The summed E-state index contributed by atoms with van der Waals surface area (Å²) >= 11 is 0. The Kier molecular flexibility index (Phi) is 3.80.